The van der Waals surface area contributed by atoms with Crippen molar-refractivity contribution in [2.75, 3.05) is 5.32 Å². The smallest absolute Gasteiger partial charge is 0.244 e. The summed E-state index contributed by atoms with van der Waals surface area (Å²) in [6, 6.07) is 11.3. The number of carbonyl (C=O) groups is 2. The first kappa shape index (κ1) is 22.1. The molecule has 0 aliphatic heterocycles. The molecule has 6 nitrogen and oxygen atoms in total. The number of nitrogens with zero attached hydrogens (tertiary/aromatic N) is 2. The van der Waals surface area contributed by atoms with E-state index in [9.17, 15) is 18.8 Å². The number of aromatic nitrogens is 2. The van der Waals surface area contributed by atoms with Crippen molar-refractivity contribution in [3.8, 4) is 0 Å². The number of hydrogen-bond donors (Lipinski definition) is 1. The Labute approximate surface area is 189 Å². The first-order chi connectivity index (χ1) is 15.7. The molecule has 166 valence electrons. The molecule has 2 heterocycles. The van der Waals surface area contributed by atoms with Crippen LogP contribution in [0.3, 0.4) is 0 Å². The number of ketones is 1. The molecule has 0 unspecified atom stereocenters. The lowest BCUT2D eigenvalue weighted by Crippen LogP contribution is -2.24. The predicted molar refractivity (Wildman–Crippen MR) is 125 cm³/mol. The Morgan fingerprint density at radius 2 is 1.67 bits per heavy atom. The van der Waals surface area contributed by atoms with Gasteiger partial charge in [0, 0.05) is 35.2 Å². The standard InChI is InChI=1S/C26H22FN3O3/c1-15-8-16(2)10-19(9-15)29-24(31)14-30-13-21(25(32)18-4-6-28-7-5-18)26(33)20-11-17(3)22(27)12-23(20)30/h4-13H,14H2,1-3H3,(H,29,31). The number of rotatable bonds is 5. The Hall–Kier alpha value is -4.13. The molecule has 0 aliphatic carbocycles. The SMILES string of the molecule is Cc1cc(C)cc(NC(=O)Cn2cc(C(=O)c3ccncc3)c(=O)c3cc(C)c(F)cc32)c1. The summed E-state index contributed by atoms with van der Waals surface area (Å²) in [6.45, 7) is 5.20. The summed E-state index contributed by atoms with van der Waals surface area (Å²) < 4.78 is 15.8. The van der Waals surface area contributed by atoms with Gasteiger partial charge in [-0.25, -0.2) is 4.39 Å². The van der Waals surface area contributed by atoms with Crippen LogP contribution in [-0.4, -0.2) is 21.2 Å². The normalized spacial score (nSPS) is 10.9. The van der Waals surface area contributed by atoms with E-state index < -0.39 is 17.0 Å². The van der Waals surface area contributed by atoms with E-state index in [2.05, 4.69) is 10.3 Å². The Morgan fingerprint density at radius 3 is 2.33 bits per heavy atom. The molecule has 2 aromatic carbocycles. The van der Waals surface area contributed by atoms with Gasteiger partial charge in [-0.2, -0.15) is 0 Å². The molecule has 4 rings (SSSR count). The van der Waals surface area contributed by atoms with Crippen LogP contribution in [0.4, 0.5) is 10.1 Å². The minimum Gasteiger partial charge on any atom is -0.337 e. The van der Waals surface area contributed by atoms with Gasteiger partial charge in [0.25, 0.3) is 0 Å². The van der Waals surface area contributed by atoms with Crippen LogP contribution in [-0.2, 0) is 11.3 Å². The molecule has 4 aromatic rings. The molecule has 33 heavy (non-hydrogen) atoms. The van der Waals surface area contributed by atoms with E-state index in [1.807, 2.05) is 32.0 Å². The van der Waals surface area contributed by atoms with Crippen LogP contribution in [0.15, 0.2) is 65.8 Å². The third kappa shape index (κ3) is 4.57. The first-order valence-electron chi connectivity index (χ1n) is 10.4. The molecule has 7 heteroatoms. The van der Waals surface area contributed by atoms with Crippen LogP contribution in [0, 0.1) is 26.6 Å². The fourth-order valence-corrected chi connectivity index (χ4v) is 3.87. The molecule has 0 aliphatic rings. The van der Waals surface area contributed by atoms with Crippen LogP contribution in [0.2, 0.25) is 0 Å². The van der Waals surface area contributed by atoms with Crippen molar-refractivity contribution in [2.45, 2.75) is 27.3 Å². The molecule has 2 aromatic heterocycles. The number of pyridine rings is 2. The number of amides is 1. The maximum atomic E-state index is 14.4. The Morgan fingerprint density at radius 1 is 1.00 bits per heavy atom. The van der Waals surface area contributed by atoms with Crippen LogP contribution < -0.4 is 10.7 Å². The molecular formula is C26H22FN3O3. The third-order valence-corrected chi connectivity index (χ3v) is 5.37. The van der Waals surface area contributed by atoms with Crippen LogP contribution in [0.25, 0.3) is 10.9 Å². The van der Waals surface area contributed by atoms with Crippen molar-refractivity contribution in [1.29, 1.82) is 0 Å². The fraction of sp³-hybridized carbons (Fsp3) is 0.154. The lowest BCUT2D eigenvalue weighted by Gasteiger charge is -2.15. The minimum atomic E-state index is -0.513. The number of carbonyl (C=O) groups excluding carboxylic acids is 2. The summed E-state index contributed by atoms with van der Waals surface area (Å²) in [5, 5.41) is 3.01. The Kier molecular flexibility index (Phi) is 5.87. The van der Waals surface area contributed by atoms with Gasteiger partial charge in [-0.05, 0) is 73.9 Å². The molecule has 0 radical (unpaired) electrons. The Balaban J connectivity index is 1.79. The van der Waals surface area contributed by atoms with E-state index in [1.54, 1.807) is 6.92 Å². The number of anilines is 1. The maximum Gasteiger partial charge on any atom is 0.244 e. The minimum absolute atomic E-state index is 0.0982. The highest BCUT2D eigenvalue weighted by Gasteiger charge is 2.19. The molecular weight excluding hydrogens is 421 g/mol. The predicted octanol–water partition coefficient (Wildman–Crippen LogP) is 4.33. The van der Waals surface area contributed by atoms with Gasteiger partial charge in [0.15, 0.2) is 5.78 Å². The third-order valence-electron chi connectivity index (χ3n) is 5.37. The van der Waals surface area contributed by atoms with Crippen LogP contribution in [0.5, 0.6) is 0 Å². The number of fused-ring (bicyclic) bond motifs is 1. The summed E-state index contributed by atoms with van der Waals surface area (Å²) >= 11 is 0. The van der Waals surface area contributed by atoms with E-state index in [1.165, 1.54) is 47.4 Å². The molecule has 1 amide bonds. The van der Waals surface area contributed by atoms with Crippen molar-refractivity contribution in [3.05, 3.63) is 105 Å². The zero-order valence-electron chi connectivity index (χ0n) is 18.5. The van der Waals surface area contributed by atoms with Crippen molar-refractivity contribution in [2.24, 2.45) is 0 Å². The second kappa shape index (κ2) is 8.78. The maximum absolute atomic E-state index is 14.4. The van der Waals surface area contributed by atoms with Crippen molar-refractivity contribution >= 4 is 28.3 Å². The zero-order chi connectivity index (χ0) is 23.7. The monoisotopic (exact) mass is 443 g/mol. The van der Waals surface area contributed by atoms with E-state index in [0.29, 0.717) is 11.3 Å². The van der Waals surface area contributed by atoms with Crippen LogP contribution in [0.1, 0.15) is 32.6 Å². The Bertz CT molecular complexity index is 1440. The number of benzene rings is 2. The highest BCUT2D eigenvalue weighted by atomic mass is 19.1. The van der Waals surface area contributed by atoms with Gasteiger partial charge in [0.05, 0.1) is 11.1 Å². The van der Waals surface area contributed by atoms with E-state index in [-0.39, 0.29) is 34.5 Å². The summed E-state index contributed by atoms with van der Waals surface area (Å²) in [5.41, 5.74) is 2.84. The molecule has 0 atom stereocenters. The fourth-order valence-electron chi connectivity index (χ4n) is 3.87. The second-order valence-electron chi connectivity index (χ2n) is 8.11. The van der Waals surface area contributed by atoms with Gasteiger partial charge in [0.1, 0.15) is 12.4 Å². The van der Waals surface area contributed by atoms with Gasteiger partial charge in [0.2, 0.25) is 11.3 Å². The average Bonchev–Trinajstić information content (AvgIpc) is 2.76. The van der Waals surface area contributed by atoms with Gasteiger partial charge in [-0.15, -0.1) is 0 Å². The van der Waals surface area contributed by atoms with Gasteiger partial charge in [-0.3, -0.25) is 19.4 Å². The summed E-state index contributed by atoms with van der Waals surface area (Å²) in [4.78, 5) is 42.9. The lowest BCUT2D eigenvalue weighted by atomic mass is 10.0. The van der Waals surface area contributed by atoms with E-state index in [0.717, 1.165) is 11.1 Å². The summed E-state index contributed by atoms with van der Waals surface area (Å²) in [5.74, 6) is -1.36. The summed E-state index contributed by atoms with van der Waals surface area (Å²) in [6.07, 6.45) is 4.25. The van der Waals surface area contributed by atoms with Crippen molar-refractivity contribution in [3.63, 3.8) is 0 Å². The molecule has 0 spiro atoms. The molecule has 0 bridgehead atoms. The highest BCUT2D eigenvalue weighted by Crippen LogP contribution is 2.20. The second-order valence-corrected chi connectivity index (χ2v) is 8.11. The topological polar surface area (TPSA) is 81.1 Å². The molecule has 0 fully saturated rings. The van der Waals surface area contributed by atoms with Gasteiger partial charge < -0.3 is 9.88 Å². The van der Waals surface area contributed by atoms with Crippen molar-refractivity contribution in [1.82, 2.24) is 9.55 Å². The van der Waals surface area contributed by atoms with Gasteiger partial charge >= 0.3 is 0 Å². The average molecular weight is 443 g/mol. The highest BCUT2D eigenvalue weighted by molar-refractivity contribution is 6.10. The lowest BCUT2D eigenvalue weighted by molar-refractivity contribution is -0.116. The first-order valence-corrected chi connectivity index (χ1v) is 10.4. The van der Waals surface area contributed by atoms with Gasteiger partial charge in [-0.1, -0.05) is 6.07 Å². The van der Waals surface area contributed by atoms with E-state index >= 15 is 0 Å². The van der Waals surface area contributed by atoms with E-state index in [4.69, 9.17) is 0 Å². The molecule has 0 saturated carbocycles. The largest absolute Gasteiger partial charge is 0.337 e. The quantitative estimate of drug-likeness (QED) is 0.466. The number of halogens is 1. The van der Waals surface area contributed by atoms with Crippen molar-refractivity contribution < 1.29 is 14.0 Å². The molecule has 1 N–H and O–H groups in total. The zero-order valence-corrected chi connectivity index (χ0v) is 18.5. The van der Waals surface area contributed by atoms with Crippen LogP contribution >= 0.6 is 0 Å². The number of nitrogens with one attached hydrogen (secondary N) is 1. The number of hydrogen-bond acceptors (Lipinski definition) is 4. The molecule has 0 saturated heterocycles. The summed E-state index contributed by atoms with van der Waals surface area (Å²) in [7, 11) is 0. The number of aryl methyl sites for hydroxylation is 3.